The molecule has 0 bridgehead atoms. The number of hydrogen-bond donors (Lipinski definition) is 0. The fraction of sp³-hybridized carbons (Fsp3) is 0.348. The lowest BCUT2D eigenvalue weighted by molar-refractivity contribution is -0.384. The second kappa shape index (κ2) is 9.91. The summed E-state index contributed by atoms with van der Waals surface area (Å²) in [6.07, 6.45) is 2.13. The van der Waals surface area contributed by atoms with E-state index in [9.17, 15) is 19.7 Å². The van der Waals surface area contributed by atoms with Crippen molar-refractivity contribution in [2.75, 3.05) is 6.54 Å². The molecule has 1 heterocycles. The largest absolute Gasteiger partial charge is 0.328 e. The van der Waals surface area contributed by atoms with Crippen molar-refractivity contribution in [3.8, 4) is 0 Å². The number of amides is 1. The minimum atomic E-state index is -0.557. The highest BCUT2D eigenvalue weighted by atomic mass is 35.5. The molecule has 168 valence electrons. The number of non-ortho nitro benzene ring substituents is 1. The van der Waals surface area contributed by atoms with E-state index in [0.717, 1.165) is 12.8 Å². The van der Waals surface area contributed by atoms with Crippen LogP contribution in [-0.2, 0) is 7.05 Å². The van der Waals surface area contributed by atoms with Gasteiger partial charge in [0.05, 0.1) is 32.5 Å². The summed E-state index contributed by atoms with van der Waals surface area (Å²) in [6, 6.07) is 10.5. The van der Waals surface area contributed by atoms with Crippen molar-refractivity contribution in [3.63, 3.8) is 0 Å². The summed E-state index contributed by atoms with van der Waals surface area (Å²) >= 11 is 6.25. The van der Waals surface area contributed by atoms with Crippen molar-refractivity contribution in [3.05, 3.63) is 79.3 Å². The van der Waals surface area contributed by atoms with Gasteiger partial charge in [-0.05, 0) is 31.0 Å². The summed E-state index contributed by atoms with van der Waals surface area (Å²) in [5, 5.41) is 11.6. The van der Waals surface area contributed by atoms with Gasteiger partial charge in [0, 0.05) is 25.7 Å². The number of fused-ring (bicyclic) bond motifs is 1. The van der Waals surface area contributed by atoms with E-state index in [0.29, 0.717) is 29.7 Å². The van der Waals surface area contributed by atoms with Crippen molar-refractivity contribution in [2.45, 2.75) is 39.2 Å². The molecule has 0 saturated heterocycles. The van der Waals surface area contributed by atoms with Gasteiger partial charge in [0.25, 0.3) is 17.2 Å². The highest BCUT2D eigenvalue weighted by molar-refractivity contribution is 6.34. The number of halogens is 1. The van der Waals surface area contributed by atoms with Gasteiger partial charge in [0.15, 0.2) is 0 Å². The maximum atomic E-state index is 13.5. The van der Waals surface area contributed by atoms with Crippen LogP contribution in [0.3, 0.4) is 0 Å². The summed E-state index contributed by atoms with van der Waals surface area (Å²) in [5.41, 5.74) is 0.385. The lowest BCUT2D eigenvalue weighted by Gasteiger charge is -2.32. The van der Waals surface area contributed by atoms with Crippen LogP contribution < -0.4 is 5.56 Å². The predicted molar refractivity (Wildman–Crippen MR) is 124 cm³/mol. The van der Waals surface area contributed by atoms with E-state index < -0.39 is 11.0 Å². The quantitative estimate of drug-likeness (QED) is 0.355. The summed E-state index contributed by atoms with van der Waals surface area (Å²) in [4.78, 5) is 43.3. The number of rotatable bonds is 8. The van der Waals surface area contributed by atoms with Gasteiger partial charge in [0.2, 0.25) is 0 Å². The molecule has 1 amide bonds. The van der Waals surface area contributed by atoms with Gasteiger partial charge in [-0.2, -0.15) is 0 Å². The van der Waals surface area contributed by atoms with Crippen LogP contribution in [0.25, 0.3) is 10.9 Å². The van der Waals surface area contributed by atoms with Gasteiger partial charge in [-0.1, -0.05) is 44.0 Å². The zero-order valence-electron chi connectivity index (χ0n) is 18.2. The molecular formula is C23H25ClN4O4. The van der Waals surface area contributed by atoms with Crippen molar-refractivity contribution < 1.29 is 9.72 Å². The molecule has 3 rings (SSSR count). The third-order valence-electron chi connectivity index (χ3n) is 5.49. The fourth-order valence-electron chi connectivity index (χ4n) is 3.75. The third kappa shape index (κ3) is 4.50. The number of para-hydroxylation sites is 1. The maximum Gasteiger partial charge on any atom is 0.270 e. The number of benzene rings is 2. The van der Waals surface area contributed by atoms with Gasteiger partial charge in [0.1, 0.15) is 5.82 Å². The number of hydrogen-bond acceptors (Lipinski definition) is 5. The van der Waals surface area contributed by atoms with Crippen molar-refractivity contribution in [1.82, 2.24) is 14.5 Å². The summed E-state index contributed by atoms with van der Waals surface area (Å²) in [5.74, 6) is 0.131. The zero-order valence-corrected chi connectivity index (χ0v) is 19.0. The number of nitro benzene ring substituents is 1. The number of nitro groups is 1. The molecule has 1 atom stereocenters. The minimum Gasteiger partial charge on any atom is -0.328 e. The second-order valence-corrected chi connectivity index (χ2v) is 7.96. The predicted octanol–water partition coefficient (Wildman–Crippen LogP) is 4.89. The van der Waals surface area contributed by atoms with Crippen LogP contribution in [0.5, 0.6) is 0 Å². The van der Waals surface area contributed by atoms with E-state index in [1.807, 2.05) is 19.9 Å². The fourth-order valence-corrected chi connectivity index (χ4v) is 4.00. The highest BCUT2D eigenvalue weighted by Gasteiger charge is 2.29. The smallest absolute Gasteiger partial charge is 0.270 e. The average molecular weight is 457 g/mol. The first kappa shape index (κ1) is 23.4. The number of unbranched alkanes of at least 4 members (excludes halogenated alkanes) is 1. The van der Waals surface area contributed by atoms with Gasteiger partial charge in [-0.15, -0.1) is 0 Å². The summed E-state index contributed by atoms with van der Waals surface area (Å²) in [6.45, 7) is 4.38. The molecule has 3 aromatic rings. The Hall–Kier alpha value is -3.26. The number of carbonyl (C=O) groups excluding carboxylic acids is 1. The van der Waals surface area contributed by atoms with Gasteiger partial charge < -0.3 is 4.90 Å². The van der Waals surface area contributed by atoms with Gasteiger partial charge in [-0.25, -0.2) is 4.98 Å². The molecule has 0 radical (unpaired) electrons. The molecule has 0 aliphatic carbocycles. The molecule has 0 N–H and O–H groups in total. The van der Waals surface area contributed by atoms with Crippen molar-refractivity contribution in [1.29, 1.82) is 0 Å². The Morgan fingerprint density at radius 2 is 1.97 bits per heavy atom. The van der Waals surface area contributed by atoms with E-state index >= 15 is 0 Å². The van der Waals surface area contributed by atoms with Crippen LogP contribution in [0.2, 0.25) is 5.02 Å². The van der Waals surface area contributed by atoms with Crippen LogP contribution in [0.4, 0.5) is 5.69 Å². The average Bonchev–Trinajstić information content (AvgIpc) is 2.79. The third-order valence-corrected chi connectivity index (χ3v) is 5.80. The Labute approximate surface area is 190 Å². The number of carbonyl (C=O) groups is 1. The molecule has 32 heavy (non-hydrogen) atoms. The van der Waals surface area contributed by atoms with Crippen molar-refractivity contribution in [2.24, 2.45) is 7.05 Å². The molecule has 2 aromatic carbocycles. The standard InChI is InChI=1S/C23H25ClN4O4/c1-4-6-13-27(23(30)16-12-11-15(28(31)32)14-18(16)24)20(5-2)21-25-19-10-8-7-9-17(19)22(29)26(21)3/h7-12,14,20H,4-6,13H2,1-3H3. The Morgan fingerprint density at radius 1 is 1.25 bits per heavy atom. The van der Waals surface area contributed by atoms with E-state index in [2.05, 4.69) is 0 Å². The van der Waals surface area contributed by atoms with E-state index in [1.165, 1.54) is 22.8 Å². The van der Waals surface area contributed by atoms with Crippen LogP contribution in [0, 0.1) is 10.1 Å². The topological polar surface area (TPSA) is 98.3 Å². The SMILES string of the molecule is CCCCN(C(=O)c1ccc([N+](=O)[O-])cc1Cl)C(CC)c1nc2ccccc2c(=O)n1C. The first-order chi connectivity index (χ1) is 15.3. The van der Waals surface area contributed by atoms with E-state index in [1.54, 1.807) is 30.1 Å². The lowest BCUT2D eigenvalue weighted by atomic mass is 10.1. The molecule has 9 heteroatoms. The molecule has 0 fully saturated rings. The molecule has 8 nitrogen and oxygen atoms in total. The first-order valence-corrected chi connectivity index (χ1v) is 10.9. The Balaban J connectivity index is 2.11. The maximum absolute atomic E-state index is 13.5. The Kier molecular flexibility index (Phi) is 7.25. The minimum absolute atomic E-state index is 0.0147. The Bertz CT molecular complexity index is 1220. The molecule has 0 saturated carbocycles. The molecule has 0 aliphatic heterocycles. The Morgan fingerprint density at radius 3 is 2.59 bits per heavy atom. The lowest BCUT2D eigenvalue weighted by Crippen LogP contribution is -2.39. The van der Waals surface area contributed by atoms with Crippen molar-refractivity contribution >= 4 is 34.1 Å². The van der Waals surface area contributed by atoms with E-state index in [-0.39, 0.29) is 27.7 Å². The summed E-state index contributed by atoms with van der Waals surface area (Å²) in [7, 11) is 1.65. The van der Waals surface area contributed by atoms with Gasteiger partial charge in [-0.3, -0.25) is 24.3 Å². The zero-order chi connectivity index (χ0) is 23.4. The molecular weight excluding hydrogens is 432 g/mol. The number of nitrogens with zero attached hydrogens (tertiary/aromatic N) is 4. The van der Waals surface area contributed by atoms with Gasteiger partial charge >= 0.3 is 0 Å². The normalized spacial score (nSPS) is 12.0. The van der Waals surface area contributed by atoms with Crippen LogP contribution in [0.15, 0.2) is 47.3 Å². The summed E-state index contributed by atoms with van der Waals surface area (Å²) < 4.78 is 1.49. The van der Waals surface area contributed by atoms with E-state index in [4.69, 9.17) is 16.6 Å². The van der Waals surface area contributed by atoms with Crippen LogP contribution in [0.1, 0.15) is 55.3 Å². The van der Waals surface area contributed by atoms with Crippen LogP contribution in [-0.4, -0.2) is 31.8 Å². The molecule has 0 aliphatic rings. The van der Waals surface area contributed by atoms with Crippen LogP contribution >= 0.6 is 11.6 Å². The second-order valence-electron chi connectivity index (χ2n) is 7.55. The number of aromatic nitrogens is 2. The first-order valence-electron chi connectivity index (χ1n) is 10.5. The monoisotopic (exact) mass is 456 g/mol. The molecule has 0 spiro atoms. The highest BCUT2D eigenvalue weighted by Crippen LogP contribution is 2.29. The molecule has 1 aromatic heterocycles. The molecule has 1 unspecified atom stereocenters.